The third-order valence-corrected chi connectivity index (χ3v) is 5.21. The predicted molar refractivity (Wildman–Crippen MR) is 116 cm³/mol. The topological polar surface area (TPSA) is 67.4 Å². The number of benzene rings is 3. The summed E-state index contributed by atoms with van der Waals surface area (Å²) in [7, 11) is 0. The molecule has 0 radical (unpaired) electrons. The van der Waals surface area contributed by atoms with Crippen LogP contribution in [-0.2, 0) is 9.59 Å². The summed E-state index contributed by atoms with van der Waals surface area (Å²) in [5.41, 5.74) is 2.12. The highest BCUT2D eigenvalue weighted by molar-refractivity contribution is 9.10. The first-order valence-corrected chi connectivity index (χ1v) is 9.78. The van der Waals surface area contributed by atoms with Crippen LogP contribution in [-0.4, -0.2) is 18.4 Å². The number of rotatable bonds is 6. The minimum Gasteiger partial charge on any atom is -0.483 e. The van der Waals surface area contributed by atoms with Crippen molar-refractivity contribution in [1.29, 1.82) is 0 Å². The summed E-state index contributed by atoms with van der Waals surface area (Å²) in [6.07, 6.45) is 0.393. The third kappa shape index (κ3) is 4.51. The third-order valence-electron chi connectivity index (χ3n) is 4.39. The van der Waals surface area contributed by atoms with E-state index in [-0.39, 0.29) is 18.4 Å². The van der Waals surface area contributed by atoms with E-state index in [1.807, 2.05) is 43.3 Å². The van der Waals surface area contributed by atoms with Crippen LogP contribution in [0.25, 0.3) is 10.8 Å². The normalized spacial score (nSPS) is 10.5. The lowest BCUT2D eigenvalue weighted by atomic mass is 10.1. The van der Waals surface area contributed by atoms with Gasteiger partial charge < -0.3 is 15.4 Å². The fourth-order valence-electron chi connectivity index (χ4n) is 2.80. The van der Waals surface area contributed by atoms with Gasteiger partial charge in [0.25, 0.3) is 5.91 Å². The fraction of sp³-hybridized carbons (Fsp3) is 0.182. The summed E-state index contributed by atoms with van der Waals surface area (Å²) in [5.74, 6) is 0.257. The highest BCUT2D eigenvalue weighted by atomic mass is 79.9. The van der Waals surface area contributed by atoms with Gasteiger partial charge in [0.1, 0.15) is 5.75 Å². The van der Waals surface area contributed by atoms with Crippen LogP contribution in [0, 0.1) is 6.92 Å². The molecule has 28 heavy (non-hydrogen) atoms. The zero-order valence-corrected chi connectivity index (χ0v) is 17.3. The molecule has 0 aromatic heterocycles. The van der Waals surface area contributed by atoms with Gasteiger partial charge in [-0.1, -0.05) is 43.3 Å². The largest absolute Gasteiger partial charge is 0.483 e. The maximum absolute atomic E-state index is 12.4. The molecule has 144 valence electrons. The molecule has 0 atom stereocenters. The van der Waals surface area contributed by atoms with Gasteiger partial charge in [-0.25, -0.2) is 0 Å². The van der Waals surface area contributed by atoms with E-state index in [2.05, 4.69) is 26.6 Å². The van der Waals surface area contributed by atoms with Crippen molar-refractivity contribution in [2.75, 3.05) is 17.2 Å². The Morgan fingerprint density at radius 3 is 2.32 bits per heavy atom. The number of carbonyl (C=O) groups excluding carboxylic acids is 2. The van der Waals surface area contributed by atoms with Crippen LogP contribution >= 0.6 is 15.9 Å². The molecule has 0 aliphatic rings. The fourth-order valence-corrected chi connectivity index (χ4v) is 3.41. The van der Waals surface area contributed by atoms with Gasteiger partial charge in [-0.2, -0.15) is 0 Å². The molecule has 0 unspecified atom stereocenters. The summed E-state index contributed by atoms with van der Waals surface area (Å²) < 4.78 is 6.52. The standard InChI is InChI=1S/C22H21BrN2O3/c1-3-20(26)24-17-9-6-10-18(14(17)2)25-21(27)13-28-19-12-11-15-7-4-5-8-16(15)22(19)23/h4-12H,3,13H2,1-2H3,(H,24,26)(H,25,27). The summed E-state index contributed by atoms with van der Waals surface area (Å²) in [6, 6.07) is 17.1. The van der Waals surface area contributed by atoms with E-state index in [1.54, 1.807) is 25.1 Å². The van der Waals surface area contributed by atoms with Crippen LogP contribution in [0.3, 0.4) is 0 Å². The number of amides is 2. The van der Waals surface area contributed by atoms with E-state index in [0.717, 1.165) is 20.8 Å². The van der Waals surface area contributed by atoms with E-state index in [0.29, 0.717) is 23.5 Å². The smallest absolute Gasteiger partial charge is 0.262 e. The van der Waals surface area contributed by atoms with Gasteiger partial charge in [0.2, 0.25) is 5.91 Å². The second kappa shape index (κ2) is 8.89. The van der Waals surface area contributed by atoms with Crippen molar-refractivity contribution in [2.24, 2.45) is 0 Å². The molecule has 0 spiro atoms. The van der Waals surface area contributed by atoms with Crippen LogP contribution in [0.5, 0.6) is 5.75 Å². The van der Waals surface area contributed by atoms with E-state index < -0.39 is 0 Å². The molecule has 5 nitrogen and oxygen atoms in total. The lowest BCUT2D eigenvalue weighted by Crippen LogP contribution is -2.21. The van der Waals surface area contributed by atoms with Crippen LogP contribution in [0.4, 0.5) is 11.4 Å². The Labute approximate surface area is 172 Å². The minimum atomic E-state index is -0.276. The van der Waals surface area contributed by atoms with Gasteiger partial charge in [0.05, 0.1) is 4.47 Å². The molecular formula is C22H21BrN2O3. The van der Waals surface area contributed by atoms with Crippen molar-refractivity contribution in [3.05, 3.63) is 64.6 Å². The van der Waals surface area contributed by atoms with E-state index in [1.165, 1.54) is 0 Å². The quantitative estimate of drug-likeness (QED) is 0.547. The molecule has 6 heteroatoms. The van der Waals surface area contributed by atoms with Crippen molar-refractivity contribution in [3.63, 3.8) is 0 Å². The van der Waals surface area contributed by atoms with Crippen molar-refractivity contribution >= 4 is 49.9 Å². The number of ether oxygens (including phenoxy) is 1. The number of hydrogen-bond acceptors (Lipinski definition) is 3. The lowest BCUT2D eigenvalue weighted by molar-refractivity contribution is -0.118. The van der Waals surface area contributed by atoms with Crippen LogP contribution in [0.1, 0.15) is 18.9 Å². The van der Waals surface area contributed by atoms with Gasteiger partial charge in [0.15, 0.2) is 6.61 Å². The monoisotopic (exact) mass is 440 g/mol. The first-order chi connectivity index (χ1) is 13.5. The maximum atomic E-state index is 12.4. The number of carbonyl (C=O) groups is 2. The van der Waals surface area contributed by atoms with Crippen molar-refractivity contribution < 1.29 is 14.3 Å². The zero-order chi connectivity index (χ0) is 20.1. The number of nitrogens with one attached hydrogen (secondary N) is 2. The Morgan fingerprint density at radius 1 is 0.929 bits per heavy atom. The molecule has 0 aliphatic carbocycles. The van der Waals surface area contributed by atoms with E-state index >= 15 is 0 Å². The second-order valence-corrected chi connectivity index (χ2v) is 7.11. The molecule has 2 N–H and O–H groups in total. The number of hydrogen-bond donors (Lipinski definition) is 2. The first kappa shape index (κ1) is 19.9. The number of fused-ring (bicyclic) bond motifs is 1. The molecule has 3 aromatic rings. The predicted octanol–water partition coefficient (Wildman–Crippen LogP) is 5.28. The Morgan fingerprint density at radius 2 is 1.61 bits per heavy atom. The maximum Gasteiger partial charge on any atom is 0.262 e. The number of anilines is 2. The Bertz CT molecular complexity index is 1030. The van der Waals surface area contributed by atoms with Gasteiger partial charge in [-0.15, -0.1) is 0 Å². The minimum absolute atomic E-state index is 0.0731. The van der Waals surface area contributed by atoms with Crippen LogP contribution in [0.2, 0.25) is 0 Å². The molecule has 0 saturated heterocycles. The summed E-state index contributed by atoms with van der Waals surface area (Å²) in [5, 5.41) is 7.78. The SMILES string of the molecule is CCC(=O)Nc1cccc(NC(=O)COc2ccc3ccccc3c2Br)c1C. The highest BCUT2D eigenvalue weighted by Crippen LogP contribution is 2.33. The summed E-state index contributed by atoms with van der Waals surface area (Å²) in [4.78, 5) is 24.0. The average Bonchev–Trinajstić information content (AvgIpc) is 2.70. The second-order valence-electron chi connectivity index (χ2n) is 6.32. The van der Waals surface area contributed by atoms with Crippen molar-refractivity contribution in [3.8, 4) is 5.75 Å². The molecular weight excluding hydrogens is 420 g/mol. The molecule has 3 rings (SSSR count). The highest BCUT2D eigenvalue weighted by Gasteiger charge is 2.11. The Kier molecular flexibility index (Phi) is 6.31. The van der Waals surface area contributed by atoms with Gasteiger partial charge in [0, 0.05) is 17.8 Å². The molecule has 3 aromatic carbocycles. The van der Waals surface area contributed by atoms with Gasteiger partial charge in [-0.3, -0.25) is 9.59 Å². The molecule has 0 fully saturated rings. The lowest BCUT2D eigenvalue weighted by Gasteiger charge is -2.14. The molecule has 0 aliphatic heterocycles. The number of halogens is 1. The Hall–Kier alpha value is -2.86. The van der Waals surface area contributed by atoms with E-state index in [9.17, 15) is 9.59 Å². The summed E-state index contributed by atoms with van der Waals surface area (Å²) >= 11 is 3.55. The average molecular weight is 441 g/mol. The Balaban J connectivity index is 1.67. The molecule has 0 heterocycles. The van der Waals surface area contributed by atoms with Crippen molar-refractivity contribution in [1.82, 2.24) is 0 Å². The van der Waals surface area contributed by atoms with Crippen molar-refractivity contribution in [2.45, 2.75) is 20.3 Å². The first-order valence-electron chi connectivity index (χ1n) is 8.99. The molecule has 2 amide bonds. The van der Waals surface area contributed by atoms with Crippen LogP contribution < -0.4 is 15.4 Å². The van der Waals surface area contributed by atoms with Crippen LogP contribution in [0.15, 0.2) is 59.1 Å². The summed E-state index contributed by atoms with van der Waals surface area (Å²) in [6.45, 7) is 3.52. The van der Waals surface area contributed by atoms with E-state index in [4.69, 9.17) is 4.74 Å². The molecule has 0 bridgehead atoms. The van der Waals surface area contributed by atoms with Gasteiger partial charge >= 0.3 is 0 Å². The zero-order valence-electron chi connectivity index (χ0n) is 15.7. The molecule has 0 saturated carbocycles. The van der Waals surface area contributed by atoms with Gasteiger partial charge in [-0.05, 0) is 57.4 Å².